The molecule has 0 aliphatic rings. The number of hydrogen-bond acceptors (Lipinski definition) is 4. The Balaban J connectivity index is 2.49. The highest BCUT2D eigenvalue weighted by molar-refractivity contribution is 5.77. The standard InChI is InChI=1S/C15H26N4O3/c1-2-3-4-5-6-7-8-9-10-19-13(16)12(17-11-20)14(21)18-15(19)22/h11H,2-10,16H2,1H3,(H,17,20)(H,18,21,22). The minimum atomic E-state index is -0.679. The first-order chi connectivity index (χ1) is 10.6. The molecule has 0 aromatic carbocycles. The highest BCUT2D eigenvalue weighted by Gasteiger charge is 2.11. The van der Waals surface area contributed by atoms with E-state index in [-0.39, 0.29) is 11.5 Å². The van der Waals surface area contributed by atoms with Gasteiger partial charge >= 0.3 is 5.69 Å². The van der Waals surface area contributed by atoms with Gasteiger partial charge in [0.1, 0.15) is 11.5 Å². The van der Waals surface area contributed by atoms with Gasteiger partial charge in [-0.3, -0.25) is 19.1 Å². The highest BCUT2D eigenvalue weighted by atomic mass is 16.2. The zero-order chi connectivity index (χ0) is 16.4. The first-order valence-electron chi connectivity index (χ1n) is 7.94. The summed E-state index contributed by atoms with van der Waals surface area (Å²) >= 11 is 0. The molecule has 22 heavy (non-hydrogen) atoms. The molecule has 0 unspecified atom stereocenters. The lowest BCUT2D eigenvalue weighted by molar-refractivity contribution is -0.105. The van der Waals surface area contributed by atoms with Crippen LogP contribution in [0.15, 0.2) is 9.59 Å². The van der Waals surface area contributed by atoms with Crippen LogP contribution < -0.4 is 22.3 Å². The SMILES string of the molecule is CCCCCCCCCCn1c(N)c(NC=O)c(=O)[nH]c1=O. The number of aromatic amines is 1. The van der Waals surface area contributed by atoms with E-state index in [1.54, 1.807) is 0 Å². The van der Waals surface area contributed by atoms with E-state index in [0.717, 1.165) is 19.3 Å². The third kappa shape index (κ3) is 5.38. The summed E-state index contributed by atoms with van der Waals surface area (Å²) in [6.45, 7) is 2.63. The first kappa shape index (κ1) is 18.0. The number of carbonyl (C=O) groups excluding carboxylic acids is 1. The Bertz CT molecular complexity index is 577. The van der Waals surface area contributed by atoms with Crippen LogP contribution in [0.5, 0.6) is 0 Å². The predicted molar refractivity (Wildman–Crippen MR) is 88.0 cm³/mol. The molecule has 7 heteroatoms. The number of aromatic nitrogens is 2. The number of hydrogen-bond donors (Lipinski definition) is 3. The van der Waals surface area contributed by atoms with E-state index in [0.29, 0.717) is 13.0 Å². The maximum Gasteiger partial charge on any atom is 0.330 e. The van der Waals surface area contributed by atoms with Crippen molar-refractivity contribution >= 4 is 17.9 Å². The van der Waals surface area contributed by atoms with E-state index in [4.69, 9.17) is 5.73 Å². The van der Waals surface area contributed by atoms with Crippen molar-refractivity contribution in [3.63, 3.8) is 0 Å². The van der Waals surface area contributed by atoms with Crippen LogP contribution in [0.25, 0.3) is 0 Å². The molecular formula is C15H26N4O3. The molecule has 0 aliphatic carbocycles. The molecule has 124 valence electrons. The van der Waals surface area contributed by atoms with Crippen molar-refractivity contribution in [2.45, 2.75) is 64.8 Å². The Labute approximate surface area is 129 Å². The molecule has 0 bridgehead atoms. The van der Waals surface area contributed by atoms with Crippen molar-refractivity contribution in [2.24, 2.45) is 0 Å². The Morgan fingerprint density at radius 2 is 1.68 bits per heavy atom. The predicted octanol–water partition coefficient (Wildman–Crippen LogP) is 1.83. The Kier molecular flexibility index (Phi) is 8.03. The fourth-order valence-corrected chi connectivity index (χ4v) is 2.41. The van der Waals surface area contributed by atoms with E-state index in [2.05, 4.69) is 17.2 Å². The number of rotatable bonds is 11. The number of nitrogens with zero attached hydrogens (tertiary/aromatic N) is 1. The minimum absolute atomic E-state index is 0.00351. The molecule has 0 saturated heterocycles. The van der Waals surface area contributed by atoms with Crippen LogP contribution >= 0.6 is 0 Å². The molecule has 0 radical (unpaired) electrons. The third-order valence-corrected chi connectivity index (χ3v) is 3.68. The van der Waals surface area contributed by atoms with Crippen LogP contribution in [0.2, 0.25) is 0 Å². The summed E-state index contributed by atoms with van der Waals surface area (Å²) in [5.41, 5.74) is 4.49. The molecule has 7 nitrogen and oxygen atoms in total. The van der Waals surface area contributed by atoms with Gasteiger partial charge in [-0.1, -0.05) is 51.9 Å². The van der Waals surface area contributed by atoms with Gasteiger partial charge in [0.15, 0.2) is 0 Å². The zero-order valence-corrected chi connectivity index (χ0v) is 13.2. The second-order valence-corrected chi connectivity index (χ2v) is 5.41. The number of anilines is 2. The van der Waals surface area contributed by atoms with Crippen molar-refractivity contribution in [1.29, 1.82) is 0 Å². The van der Waals surface area contributed by atoms with Gasteiger partial charge < -0.3 is 11.1 Å². The summed E-state index contributed by atoms with van der Waals surface area (Å²) in [5.74, 6) is 0.00351. The quantitative estimate of drug-likeness (QED) is 0.428. The number of H-pyrrole nitrogens is 1. The lowest BCUT2D eigenvalue weighted by atomic mass is 10.1. The number of amides is 1. The fourth-order valence-electron chi connectivity index (χ4n) is 2.41. The molecular weight excluding hydrogens is 284 g/mol. The summed E-state index contributed by atoms with van der Waals surface area (Å²) in [5, 5.41) is 2.23. The zero-order valence-electron chi connectivity index (χ0n) is 13.2. The van der Waals surface area contributed by atoms with E-state index in [9.17, 15) is 14.4 Å². The summed E-state index contributed by atoms with van der Waals surface area (Å²) in [4.78, 5) is 35.9. The van der Waals surface area contributed by atoms with Gasteiger partial charge in [-0.25, -0.2) is 4.79 Å². The molecule has 1 aromatic heterocycles. The van der Waals surface area contributed by atoms with Crippen molar-refractivity contribution in [3.05, 3.63) is 20.8 Å². The van der Waals surface area contributed by atoms with Crippen LogP contribution in [0.1, 0.15) is 58.3 Å². The van der Waals surface area contributed by atoms with Crippen LogP contribution in [-0.2, 0) is 11.3 Å². The van der Waals surface area contributed by atoms with Gasteiger partial charge in [0.2, 0.25) is 6.41 Å². The first-order valence-corrected chi connectivity index (χ1v) is 7.94. The Morgan fingerprint density at radius 3 is 2.27 bits per heavy atom. The largest absolute Gasteiger partial charge is 0.383 e. The summed E-state index contributed by atoms with van der Waals surface area (Å²) < 4.78 is 1.30. The van der Waals surface area contributed by atoms with E-state index in [1.807, 2.05) is 0 Å². The van der Waals surface area contributed by atoms with Gasteiger partial charge in [-0.2, -0.15) is 0 Å². The molecule has 1 amide bonds. The molecule has 1 aromatic rings. The van der Waals surface area contributed by atoms with Gasteiger partial charge in [-0.15, -0.1) is 0 Å². The topological polar surface area (TPSA) is 110 Å². The number of nitrogens with one attached hydrogen (secondary N) is 2. The smallest absolute Gasteiger partial charge is 0.330 e. The molecule has 4 N–H and O–H groups in total. The lowest BCUT2D eigenvalue weighted by Crippen LogP contribution is -2.34. The summed E-state index contributed by atoms with van der Waals surface area (Å²) in [7, 11) is 0. The van der Waals surface area contributed by atoms with E-state index >= 15 is 0 Å². The number of nitrogen functional groups attached to an aromatic ring is 1. The lowest BCUT2D eigenvalue weighted by Gasteiger charge is -2.11. The molecule has 0 atom stereocenters. The van der Waals surface area contributed by atoms with Gasteiger partial charge in [0.05, 0.1) is 0 Å². The van der Waals surface area contributed by atoms with Crippen molar-refractivity contribution in [1.82, 2.24) is 9.55 Å². The minimum Gasteiger partial charge on any atom is -0.383 e. The van der Waals surface area contributed by atoms with Crippen molar-refractivity contribution in [3.8, 4) is 0 Å². The maximum absolute atomic E-state index is 11.8. The summed E-state index contributed by atoms with van der Waals surface area (Å²) in [6, 6.07) is 0. The van der Waals surface area contributed by atoms with Crippen LogP contribution in [-0.4, -0.2) is 16.0 Å². The van der Waals surface area contributed by atoms with Gasteiger partial charge in [0, 0.05) is 6.54 Å². The average Bonchev–Trinajstić information content (AvgIpc) is 2.49. The van der Waals surface area contributed by atoms with Crippen LogP contribution in [0.3, 0.4) is 0 Å². The second-order valence-electron chi connectivity index (χ2n) is 5.41. The fraction of sp³-hybridized carbons (Fsp3) is 0.667. The Morgan fingerprint density at radius 1 is 1.09 bits per heavy atom. The second kappa shape index (κ2) is 9.81. The van der Waals surface area contributed by atoms with Crippen molar-refractivity contribution in [2.75, 3.05) is 11.1 Å². The summed E-state index contributed by atoms with van der Waals surface area (Å²) in [6.07, 6.45) is 9.58. The maximum atomic E-state index is 11.8. The monoisotopic (exact) mass is 310 g/mol. The van der Waals surface area contributed by atoms with Crippen LogP contribution in [0, 0.1) is 0 Å². The van der Waals surface area contributed by atoms with Gasteiger partial charge in [-0.05, 0) is 6.42 Å². The molecule has 0 spiro atoms. The molecule has 1 heterocycles. The third-order valence-electron chi connectivity index (χ3n) is 3.68. The van der Waals surface area contributed by atoms with Crippen LogP contribution in [0.4, 0.5) is 11.5 Å². The highest BCUT2D eigenvalue weighted by Crippen LogP contribution is 2.12. The number of unbranched alkanes of at least 4 members (excludes halogenated alkanes) is 7. The number of carbonyl (C=O) groups is 1. The van der Waals surface area contributed by atoms with E-state index in [1.165, 1.54) is 36.7 Å². The molecule has 0 saturated carbocycles. The van der Waals surface area contributed by atoms with E-state index < -0.39 is 11.2 Å². The molecule has 0 aliphatic heterocycles. The average molecular weight is 310 g/mol. The van der Waals surface area contributed by atoms with Crippen molar-refractivity contribution < 1.29 is 4.79 Å². The Hall–Kier alpha value is -2.05. The normalized spacial score (nSPS) is 10.6. The molecule has 0 fully saturated rings. The van der Waals surface area contributed by atoms with Gasteiger partial charge in [0.25, 0.3) is 5.56 Å². The molecule has 1 rings (SSSR count). The number of nitrogens with two attached hydrogens (primary N) is 1.